The number of rotatable bonds is 4. The highest BCUT2D eigenvalue weighted by Crippen LogP contribution is 2.62. The van der Waals surface area contributed by atoms with E-state index in [1.807, 2.05) is 24.8 Å². The molecule has 0 amide bonds. The molecule has 0 N–H and O–H groups in total. The van der Waals surface area contributed by atoms with E-state index in [4.69, 9.17) is 19.7 Å². The zero-order valence-electron chi connectivity index (χ0n) is 38.0. The summed E-state index contributed by atoms with van der Waals surface area (Å²) >= 11 is 0. The Morgan fingerprint density at radius 2 is 0.803 bits per heavy atom. The Labute approximate surface area is 406 Å². The van der Waals surface area contributed by atoms with Crippen LogP contribution in [0.3, 0.4) is 0 Å². The van der Waals surface area contributed by atoms with Gasteiger partial charge in [0.05, 0.1) is 67.5 Å². The minimum atomic E-state index is -0.786. The number of nitrogens with zero attached hydrogens (tertiary/aromatic N) is 6. The Kier molecular flexibility index (Phi) is 7.69. The predicted octanol–water partition coefficient (Wildman–Crippen LogP) is 15.3. The Hall–Kier alpha value is -9.59. The van der Waals surface area contributed by atoms with Crippen LogP contribution in [0.15, 0.2) is 231 Å². The molecule has 0 bridgehead atoms. The zero-order chi connectivity index (χ0) is 46.4. The maximum absolute atomic E-state index is 7.05. The van der Waals surface area contributed by atoms with Gasteiger partial charge >= 0.3 is 0 Å². The second-order valence-corrected chi connectivity index (χ2v) is 18.7. The Morgan fingerprint density at radius 3 is 1.39 bits per heavy atom. The molecule has 7 heterocycles. The topological polar surface area (TPSA) is 62.7 Å². The van der Waals surface area contributed by atoms with Gasteiger partial charge in [0.2, 0.25) is 0 Å². The maximum Gasteiger partial charge on any atom is 0.132 e. The minimum Gasteiger partial charge on any atom is -0.457 e. The first-order valence-corrected chi connectivity index (χ1v) is 24.1. The van der Waals surface area contributed by atoms with Crippen LogP contribution >= 0.6 is 0 Å². The van der Waals surface area contributed by atoms with E-state index in [0.717, 1.165) is 112 Å². The zero-order valence-corrected chi connectivity index (χ0v) is 38.0. The number of benzene rings is 8. The summed E-state index contributed by atoms with van der Waals surface area (Å²) in [5.74, 6) is 1.62. The van der Waals surface area contributed by atoms with Crippen molar-refractivity contribution in [2.45, 2.75) is 5.41 Å². The van der Waals surface area contributed by atoms with Crippen molar-refractivity contribution < 1.29 is 4.74 Å². The molecule has 1 aliphatic carbocycles. The molecule has 330 valence electrons. The first-order chi connectivity index (χ1) is 35.2. The molecule has 16 rings (SSSR count). The Balaban J connectivity index is 0.913. The van der Waals surface area contributed by atoms with Gasteiger partial charge < -0.3 is 18.4 Å². The number of hydrogen-bond donors (Lipinski definition) is 0. The molecule has 71 heavy (non-hydrogen) atoms. The fraction of sp³-hybridized carbons (Fsp3) is 0.0156. The van der Waals surface area contributed by atoms with Crippen LogP contribution in [0, 0.1) is 0 Å². The lowest BCUT2D eigenvalue weighted by Gasteiger charge is -2.39. The largest absolute Gasteiger partial charge is 0.457 e. The third kappa shape index (κ3) is 5.08. The molecule has 0 atom stereocenters. The van der Waals surface area contributed by atoms with Crippen molar-refractivity contribution in [1.82, 2.24) is 28.7 Å². The highest BCUT2D eigenvalue weighted by Gasteiger charge is 2.52. The summed E-state index contributed by atoms with van der Waals surface area (Å²) in [6, 6.07) is 74.4. The number of pyridine rings is 3. The third-order valence-electron chi connectivity index (χ3n) is 15.3. The smallest absolute Gasteiger partial charge is 0.132 e. The van der Waals surface area contributed by atoms with E-state index in [1.54, 1.807) is 0 Å². The summed E-state index contributed by atoms with van der Waals surface area (Å²) in [6.07, 6.45) is 7.67. The fourth-order valence-electron chi connectivity index (χ4n) is 12.4. The van der Waals surface area contributed by atoms with Crippen LogP contribution in [0.2, 0.25) is 0 Å². The van der Waals surface area contributed by atoms with Gasteiger partial charge in [0.15, 0.2) is 0 Å². The molecular formula is C64H38N6O. The lowest BCUT2D eigenvalue weighted by Crippen LogP contribution is -2.32. The van der Waals surface area contributed by atoms with Crippen molar-refractivity contribution in [1.29, 1.82) is 0 Å². The van der Waals surface area contributed by atoms with Crippen molar-refractivity contribution in [3.63, 3.8) is 0 Å². The van der Waals surface area contributed by atoms with Crippen molar-refractivity contribution in [2.75, 3.05) is 0 Å². The van der Waals surface area contributed by atoms with Crippen molar-refractivity contribution >= 4 is 65.4 Å². The van der Waals surface area contributed by atoms with Gasteiger partial charge in [-0.1, -0.05) is 115 Å². The van der Waals surface area contributed by atoms with E-state index in [2.05, 4.69) is 220 Å². The summed E-state index contributed by atoms with van der Waals surface area (Å²) in [5.41, 5.74) is 17.4. The summed E-state index contributed by atoms with van der Waals surface area (Å²) in [7, 11) is 0. The molecule has 14 aromatic rings. The second kappa shape index (κ2) is 14.2. The van der Waals surface area contributed by atoms with Crippen LogP contribution in [0.1, 0.15) is 22.3 Å². The van der Waals surface area contributed by atoms with Gasteiger partial charge in [0, 0.05) is 67.7 Å². The van der Waals surface area contributed by atoms with E-state index in [1.165, 1.54) is 26.9 Å². The number of aromatic nitrogens is 6. The van der Waals surface area contributed by atoms with Crippen molar-refractivity contribution in [3.8, 4) is 51.1 Å². The van der Waals surface area contributed by atoms with Crippen LogP contribution in [0.5, 0.6) is 11.5 Å². The minimum absolute atomic E-state index is 0.786. The van der Waals surface area contributed by atoms with E-state index in [0.29, 0.717) is 0 Å². The Morgan fingerprint density at radius 1 is 0.338 bits per heavy atom. The average Bonchev–Trinajstić information content (AvgIpc) is 4.15. The summed E-state index contributed by atoms with van der Waals surface area (Å²) in [4.78, 5) is 14.8. The number of ether oxygens (including phenoxy) is 1. The van der Waals surface area contributed by atoms with Crippen LogP contribution < -0.4 is 4.74 Å². The Bertz CT molecular complexity index is 4440. The highest BCUT2D eigenvalue weighted by atomic mass is 16.5. The van der Waals surface area contributed by atoms with Gasteiger partial charge in [0.25, 0.3) is 0 Å². The normalized spacial score (nSPS) is 13.3. The molecule has 0 saturated heterocycles. The summed E-state index contributed by atoms with van der Waals surface area (Å²) in [5, 5.41) is 7.21. The van der Waals surface area contributed by atoms with Gasteiger partial charge in [-0.05, 0) is 113 Å². The standard InChI is InChI=1S/C64H38N6O/c1-6-20-52-42(13-1)43-14-2-7-21-53(43)68(52)41-27-30-61-51(37-41)64(48-18-11-32-66-62(48)63-49(64)19-12-33-67-63)50-36-40(26-29-60(50)71-61)39-25-28-57-47(35-39)46-17-5-10-24-56(46)69(57)58-31-34-65-38-59(58)70-54-22-8-3-15-44(54)45-16-4-9-23-55(45)70/h1-38H. The highest BCUT2D eigenvalue weighted by molar-refractivity contribution is 6.13. The molecule has 0 saturated carbocycles. The lowest BCUT2D eigenvalue weighted by molar-refractivity contribution is 0.436. The molecule has 7 heteroatoms. The molecule has 7 nitrogen and oxygen atoms in total. The van der Waals surface area contributed by atoms with Crippen LogP contribution in [0.25, 0.3) is 105 Å². The first-order valence-electron chi connectivity index (χ1n) is 24.1. The van der Waals surface area contributed by atoms with Gasteiger partial charge in [-0.2, -0.15) is 0 Å². The van der Waals surface area contributed by atoms with E-state index in [-0.39, 0.29) is 0 Å². The summed E-state index contributed by atoms with van der Waals surface area (Å²) < 4.78 is 14.2. The average molecular weight is 907 g/mol. The SMILES string of the molecule is c1cnc2c(c1)C1(c3cc(-c4ccc5c(c4)c4ccccc4n5-c4ccncc4-n4c5ccccc5c5ccccc54)ccc3Oc3ccc(-n4c5ccccc5c5ccccc54)cc31)c1cccnc1-2. The van der Waals surface area contributed by atoms with Crippen LogP contribution in [-0.2, 0) is 5.41 Å². The number of hydrogen-bond acceptors (Lipinski definition) is 4. The van der Waals surface area contributed by atoms with E-state index < -0.39 is 5.41 Å². The predicted molar refractivity (Wildman–Crippen MR) is 286 cm³/mol. The van der Waals surface area contributed by atoms with Crippen LogP contribution in [0.4, 0.5) is 0 Å². The van der Waals surface area contributed by atoms with Gasteiger partial charge in [-0.25, -0.2) is 0 Å². The molecular weight excluding hydrogens is 869 g/mol. The number of fused-ring (bicyclic) bond motifs is 18. The second-order valence-electron chi connectivity index (χ2n) is 18.7. The van der Waals surface area contributed by atoms with Crippen molar-refractivity contribution in [3.05, 3.63) is 253 Å². The molecule has 6 aromatic heterocycles. The molecule has 1 spiro atoms. The third-order valence-corrected chi connectivity index (χ3v) is 15.3. The fourth-order valence-corrected chi connectivity index (χ4v) is 12.4. The van der Waals surface area contributed by atoms with Crippen molar-refractivity contribution in [2.24, 2.45) is 0 Å². The van der Waals surface area contributed by atoms with Gasteiger partial charge in [0.1, 0.15) is 11.5 Å². The lowest BCUT2D eigenvalue weighted by atomic mass is 9.66. The van der Waals surface area contributed by atoms with Gasteiger partial charge in [-0.15, -0.1) is 0 Å². The molecule has 2 aliphatic rings. The first kappa shape index (κ1) is 38.4. The quantitative estimate of drug-likeness (QED) is 0.176. The molecule has 8 aromatic carbocycles. The number of para-hydroxylation sites is 5. The molecule has 1 aliphatic heterocycles. The van der Waals surface area contributed by atoms with Gasteiger partial charge in [-0.3, -0.25) is 15.0 Å². The van der Waals surface area contributed by atoms with E-state index >= 15 is 0 Å². The molecule has 0 fully saturated rings. The molecule has 0 radical (unpaired) electrons. The van der Waals surface area contributed by atoms with E-state index in [9.17, 15) is 0 Å². The maximum atomic E-state index is 7.05. The monoisotopic (exact) mass is 906 g/mol. The summed E-state index contributed by atoms with van der Waals surface area (Å²) in [6.45, 7) is 0. The van der Waals surface area contributed by atoms with Crippen LogP contribution in [-0.4, -0.2) is 28.7 Å². The molecule has 0 unspecified atom stereocenters.